The first-order valence-corrected chi connectivity index (χ1v) is 9.23. The number of aromatic nitrogens is 1. The molecule has 6 rings (SSSR count). The molecule has 1 saturated heterocycles. The van der Waals surface area contributed by atoms with E-state index in [1.165, 1.54) is 53.6 Å². The molecule has 122 valence electrons. The van der Waals surface area contributed by atoms with E-state index in [1.54, 1.807) is 5.69 Å². The molecule has 3 aliphatic heterocycles. The fraction of sp³-hybridized carbons (Fsp3) is 0.364. The van der Waals surface area contributed by atoms with Gasteiger partial charge in [-0.1, -0.05) is 42.5 Å². The molecule has 0 amide bonds. The number of aryl methyl sites for hydroxylation is 3. The Kier molecular flexibility index (Phi) is 3.19. The Labute approximate surface area is 143 Å². The summed E-state index contributed by atoms with van der Waals surface area (Å²) in [5.41, 5.74) is 7.47. The third-order valence-electron chi connectivity index (χ3n) is 6.05. The summed E-state index contributed by atoms with van der Waals surface area (Å²) in [6, 6.07) is 17.8. The van der Waals surface area contributed by atoms with Gasteiger partial charge in [0, 0.05) is 36.6 Å². The number of rotatable bonds is 3. The van der Waals surface area contributed by atoms with E-state index in [9.17, 15) is 0 Å². The summed E-state index contributed by atoms with van der Waals surface area (Å²) in [5.74, 6) is 0.759. The average Bonchev–Trinajstić information content (AvgIpc) is 2.99. The minimum atomic E-state index is 0.759. The fourth-order valence-electron chi connectivity index (χ4n) is 4.79. The molecule has 2 nitrogen and oxygen atoms in total. The van der Waals surface area contributed by atoms with Gasteiger partial charge in [-0.3, -0.25) is 0 Å². The summed E-state index contributed by atoms with van der Waals surface area (Å²) in [7, 11) is 0. The lowest BCUT2D eigenvalue weighted by atomic mass is 9.87. The summed E-state index contributed by atoms with van der Waals surface area (Å²) in [6.07, 6.45) is 3.77. The maximum Gasteiger partial charge on any atom is 0.0662 e. The number of fused-ring (bicyclic) bond motifs is 3. The molecule has 3 aromatic rings. The molecule has 1 fully saturated rings. The van der Waals surface area contributed by atoms with Crippen molar-refractivity contribution in [1.82, 2.24) is 4.57 Å². The van der Waals surface area contributed by atoms with Crippen LogP contribution in [0.4, 0.5) is 5.69 Å². The predicted octanol–water partition coefficient (Wildman–Crippen LogP) is 4.89. The number of benzene rings is 2. The van der Waals surface area contributed by atoms with Gasteiger partial charge in [0.1, 0.15) is 0 Å². The molecule has 0 unspecified atom stereocenters. The van der Waals surface area contributed by atoms with E-state index < -0.39 is 0 Å². The number of hydrogen-bond acceptors (Lipinski definition) is 1. The first-order valence-electron chi connectivity index (χ1n) is 9.23. The minimum absolute atomic E-state index is 0.759. The van der Waals surface area contributed by atoms with Gasteiger partial charge >= 0.3 is 0 Å². The highest BCUT2D eigenvalue weighted by Crippen LogP contribution is 2.47. The molecule has 0 atom stereocenters. The molecular formula is C22H24N2. The van der Waals surface area contributed by atoms with E-state index in [0.29, 0.717) is 0 Å². The van der Waals surface area contributed by atoms with Gasteiger partial charge in [0.15, 0.2) is 0 Å². The van der Waals surface area contributed by atoms with Crippen LogP contribution in [0.1, 0.15) is 35.6 Å². The number of piperidine rings is 1. The van der Waals surface area contributed by atoms with Crippen molar-refractivity contribution in [1.29, 1.82) is 0 Å². The van der Waals surface area contributed by atoms with Crippen LogP contribution in [0.5, 0.6) is 0 Å². The predicted molar refractivity (Wildman–Crippen MR) is 101 cm³/mol. The van der Waals surface area contributed by atoms with Crippen LogP contribution in [0.25, 0.3) is 10.9 Å². The largest absolute Gasteiger partial charge is 0.370 e. The molecule has 0 aliphatic carbocycles. The summed E-state index contributed by atoms with van der Waals surface area (Å²) < 4.78 is 2.63. The lowest BCUT2D eigenvalue weighted by Crippen LogP contribution is -2.39. The third kappa shape index (κ3) is 2.02. The van der Waals surface area contributed by atoms with E-state index in [4.69, 9.17) is 0 Å². The Bertz CT molecular complexity index is 897. The zero-order valence-electron chi connectivity index (χ0n) is 14.3. The van der Waals surface area contributed by atoms with Crippen molar-refractivity contribution in [3.05, 3.63) is 65.4 Å². The lowest BCUT2D eigenvalue weighted by molar-refractivity contribution is 0.448. The van der Waals surface area contributed by atoms with E-state index in [2.05, 4.69) is 64.9 Å². The lowest BCUT2D eigenvalue weighted by Gasteiger charge is -2.41. The van der Waals surface area contributed by atoms with Crippen LogP contribution in [0, 0.1) is 6.92 Å². The number of hydrogen-bond donors (Lipinski definition) is 0. The minimum Gasteiger partial charge on any atom is -0.370 e. The van der Waals surface area contributed by atoms with E-state index in [1.807, 2.05) is 0 Å². The van der Waals surface area contributed by atoms with Crippen molar-refractivity contribution in [2.24, 2.45) is 0 Å². The Morgan fingerprint density at radius 2 is 1.71 bits per heavy atom. The second-order valence-electron chi connectivity index (χ2n) is 7.34. The van der Waals surface area contributed by atoms with Crippen molar-refractivity contribution < 1.29 is 0 Å². The topological polar surface area (TPSA) is 8.17 Å². The quantitative estimate of drug-likeness (QED) is 0.668. The zero-order chi connectivity index (χ0) is 16.1. The molecule has 24 heavy (non-hydrogen) atoms. The van der Waals surface area contributed by atoms with Gasteiger partial charge in [-0.05, 0) is 43.4 Å². The van der Waals surface area contributed by atoms with Crippen LogP contribution in [0.3, 0.4) is 0 Å². The molecule has 2 bridgehead atoms. The molecule has 4 heterocycles. The van der Waals surface area contributed by atoms with Crippen molar-refractivity contribution in [2.45, 2.75) is 38.6 Å². The summed E-state index contributed by atoms with van der Waals surface area (Å²) in [6.45, 7) is 5.80. The van der Waals surface area contributed by atoms with Crippen LogP contribution >= 0.6 is 0 Å². The zero-order valence-corrected chi connectivity index (χ0v) is 14.3. The van der Waals surface area contributed by atoms with Crippen LogP contribution in [-0.4, -0.2) is 17.7 Å². The molecule has 1 aromatic heterocycles. The Hall–Kier alpha value is -2.22. The number of para-hydroxylation sites is 1. The van der Waals surface area contributed by atoms with Gasteiger partial charge < -0.3 is 9.47 Å². The van der Waals surface area contributed by atoms with Crippen LogP contribution in [-0.2, 0) is 13.0 Å². The molecule has 3 aliphatic rings. The van der Waals surface area contributed by atoms with Crippen LogP contribution in [0.2, 0.25) is 0 Å². The highest BCUT2D eigenvalue weighted by molar-refractivity contribution is 5.96. The van der Waals surface area contributed by atoms with E-state index >= 15 is 0 Å². The molecule has 0 N–H and O–H groups in total. The molecule has 2 heteroatoms. The molecule has 0 spiro atoms. The highest BCUT2D eigenvalue weighted by Gasteiger charge is 2.35. The van der Waals surface area contributed by atoms with Crippen molar-refractivity contribution >= 4 is 16.6 Å². The second kappa shape index (κ2) is 5.41. The Morgan fingerprint density at radius 1 is 0.958 bits per heavy atom. The molecule has 0 radical (unpaired) electrons. The number of anilines is 1. The monoisotopic (exact) mass is 316 g/mol. The van der Waals surface area contributed by atoms with Gasteiger partial charge in [-0.15, -0.1) is 0 Å². The van der Waals surface area contributed by atoms with Crippen LogP contribution in [0.15, 0.2) is 48.5 Å². The second-order valence-corrected chi connectivity index (χ2v) is 7.34. The van der Waals surface area contributed by atoms with Gasteiger partial charge in [0.2, 0.25) is 0 Å². The van der Waals surface area contributed by atoms with E-state index in [0.717, 1.165) is 18.9 Å². The highest BCUT2D eigenvalue weighted by atomic mass is 15.2. The maximum atomic E-state index is 2.63. The van der Waals surface area contributed by atoms with Gasteiger partial charge in [-0.2, -0.15) is 0 Å². The Balaban J connectivity index is 1.61. The van der Waals surface area contributed by atoms with Crippen molar-refractivity contribution in [3.63, 3.8) is 0 Å². The SMILES string of the molecule is Cc1ccccc1CCn1c2c(c3ccccc31)N1CCC2CC1. The normalized spacial score (nSPS) is 16.8. The summed E-state index contributed by atoms with van der Waals surface area (Å²) >= 11 is 0. The van der Waals surface area contributed by atoms with Gasteiger partial charge in [0.05, 0.1) is 11.2 Å². The first-order chi connectivity index (χ1) is 11.8. The molecule has 2 aromatic carbocycles. The smallest absolute Gasteiger partial charge is 0.0662 e. The van der Waals surface area contributed by atoms with Gasteiger partial charge in [-0.25, -0.2) is 0 Å². The Morgan fingerprint density at radius 3 is 2.54 bits per heavy atom. The van der Waals surface area contributed by atoms with Crippen molar-refractivity contribution in [2.75, 3.05) is 18.0 Å². The standard InChI is InChI=1S/C22H24N2/c1-16-6-2-3-7-17(16)12-15-24-20-9-5-4-8-19(20)22-21(24)18-10-13-23(22)14-11-18/h2-9,18H,10-15H2,1H3. The molecule has 0 saturated carbocycles. The van der Waals surface area contributed by atoms with Gasteiger partial charge in [0.25, 0.3) is 0 Å². The van der Waals surface area contributed by atoms with Crippen molar-refractivity contribution in [3.8, 4) is 0 Å². The number of nitrogens with zero attached hydrogens (tertiary/aromatic N) is 2. The third-order valence-corrected chi connectivity index (χ3v) is 6.05. The first kappa shape index (κ1) is 14.2. The fourth-order valence-corrected chi connectivity index (χ4v) is 4.79. The maximum absolute atomic E-state index is 2.63. The summed E-state index contributed by atoms with van der Waals surface area (Å²) in [4.78, 5) is 2.63. The van der Waals surface area contributed by atoms with E-state index in [-0.39, 0.29) is 0 Å². The van der Waals surface area contributed by atoms with Crippen LogP contribution < -0.4 is 4.90 Å². The molecular weight excluding hydrogens is 292 g/mol. The average molecular weight is 316 g/mol. The summed E-state index contributed by atoms with van der Waals surface area (Å²) in [5, 5.41) is 1.46.